The van der Waals surface area contributed by atoms with E-state index in [0.29, 0.717) is 12.1 Å². The first kappa shape index (κ1) is 13.9. The van der Waals surface area contributed by atoms with Crippen molar-refractivity contribution in [1.82, 2.24) is 4.90 Å². The summed E-state index contributed by atoms with van der Waals surface area (Å²) in [5.41, 5.74) is 2.59. The van der Waals surface area contributed by atoms with Gasteiger partial charge in [-0.1, -0.05) is 60.7 Å². The molecule has 0 saturated carbocycles. The van der Waals surface area contributed by atoms with Crippen LogP contribution in [0, 0.1) is 0 Å². The second-order valence-corrected chi connectivity index (χ2v) is 5.91. The molecule has 0 aliphatic carbocycles. The van der Waals surface area contributed by atoms with Gasteiger partial charge in [0.05, 0.1) is 6.04 Å². The molecule has 2 nitrogen and oxygen atoms in total. The Morgan fingerprint density at radius 2 is 1.62 bits per heavy atom. The van der Waals surface area contributed by atoms with Gasteiger partial charge in [0, 0.05) is 18.2 Å². The molecule has 0 aromatic heterocycles. The summed E-state index contributed by atoms with van der Waals surface area (Å²) in [5.74, 6) is 1.14. The fourth-order valence-electron chi connectivity index (χ4n) is 2.88. The predicted octanol–water partition coefficient (Wildman–Crippen LogP) is 3.77. The zero-order valence-corrected chi connectivity index (χ0v) is 12.7. The highest BCUT2D eigenvalue weighted by atomic mass is 15.3. The van der Waals surface area contributed by atoms with E-state index in [-0.39, 0.29) is 0 Å². The lowest BCUT2D eigenvalue weighted by Crippen LogP contribution is -2.36. The lowest BCUT2D eigenvalue weighted by atomic mass is 10.1. The molecule has 1 atom stereocenters. The Labute approximate surface area is 127 Å². The van der Waals surface area contributed by atoms with Gasteiger partial charge >= 0.3 is 0 Å². The standard InChI is InChI=1S/C19H22N2/c1-15(2)21-14-18(13-16-9-5-3-6-10-16)20-19(21)17-11-7-4-8-12-17/h3-12,15,18H,13-14H2,1-2H3/t18-/m0/s1. The molecule has 0 amide bonds. The molecule has 1 aliphatic heterocycles. The highest BCUT2D eigenvalue weighted by Gasteiger charge is 2.27. The van der Waals surface area contributed by atoms with Crippen LogP contribution in [-0.4, -0.2) is 29.4 Å². The normalized spacial score (nSPS) is 18.1. The second-order valence-electron chi connectivity index (χ2n) is 5.91. The van der Waals surface area contributed by atoms with Crippen molar-refractivity contribution in [2.24, 2.45) is 4.99 Å². The monoisotopic (exact) mass is 278 g/mol. The molecule has 108 valence electrons. The molecule has 0 bridgehead atoms. The molecule has 0 spiro atoms. The second kappa shape index (κ2) is 6.13. The van der Waals surface area contributed by atoms with E-state index >= 15 is 0 Å². The number of rotatable bonds is 4. The molecule has 0 radical (unpaired) electrons. The summed E-state index contributed by atoms with van der Waals surface area (Å²) >= 11 is 0. The molecule has 0 unspecified atom stereocenters. The van der Waals surface area contributed by atoms with E-state index in [0.717, 1.165) is 18.8 Å². The highest BCUT2D eigenvalue weighted by Crippen LogP contribution is 2.20. The Morgan fingerprint density at radius 1 is 1.00 bits per heavy atom. The van der Waals surface area contributed by atoms with Gasteiger partial charge in [0.25, 0.3) is 0 Å². The smallest absolute Gasteiger partial charge is 0.131 e. The van der Waals surface area contributed by atoms with Crippen LogP contribution in [-0.2, 0) is 6.42 Å². The van der Waals surface area contributed by atoms with Crippen LogP contribution in [0.3, 0.4) is 0 Å². The maximum atomic E-state index is 5.00. The summed E-state index contributed by atoms with van der Waals surface area (Å²) in [4.78, 5) is 7.42. The topological polar surface area (TPSA) is 15.6 Å². The van der Waals surface area contributed by atoms with E-state index in [2.05, 4.69) is 79.4 Å². The minimum Gasteiger partial charge on any atom is -0.352 e. The first-order chi connectivity index (χ1) is 10.2. The maximum absolute atomic E-state index is 5.00. The van der Waals surface area contributed by atoms with Crippen LogP contribution in [0.25, 0.3) is 0 Å². The fourth-order valence-corrected chi connectivity index (χ4v) is 2.88. The minimum absolute atomic E-state index is 0.352. The van der Waals surface area contributed by atoms with Crippen LogP contribution in [0.2, 0.25) is 0 Å². The molecule has 2 aromatic carbocycles. The maximum Gasteiger partial charge on any atom is 0.131 e. The van der Waals surface area contributed by atoms with Gasteiger partial charge in [-0.15, -0.1) is 0 Å². The Morgan fingerprint density at radius 3 is 2.24 bits per heavy atom. The average molecular weight is 278 g/mol. The van der Waals surface area contributed by atoms with Gasteiger partial charge in [0.15, 0.2) is 0 Å². The van der Waals surface area contributed by atoms with Crippen LogP contribution >= 0.6 is 0 Å². The van der Waals surface area contributed by atoms with E-state index in [4.69, 9.17) is 4.99 Å². The molecule has 1 heterocycles. The molecule has 2 heteroatoms. The molecule has 1 aliphatic rings. The number of nitrogens with zero attached hydrogens (tertiary/aromatic N) is 2. The van der Waals surface area contributed by atoms with Crippen molar-refractivity contribution in [2.45, 2.75) is 32.4 Å². The van der Waals surface area contributed by atoms with Crippen molar-refractivity contribution in [1.29, 1.82) is 0 Å². The van der Waals surface area contributed by atoms with Crippen LogP contribution in [0.1, 0.15) is 25.0 Å². The predicted molar refractivity (Wildman–Crippen MR) is 88.8 cm³/mol. The van der Waals surface area contributed by atoms with Crippen molar-refractivity contribution in [3.05, 3.63) is 71.8 Å². The number of hydrogen-bond acceptors (Lipinski definition) is 2. The molecule has 3 rings (SSSR count). The summed E-state index contributed by atoms with van der Waals surface area (Å²) in [7, 11) is 0. The van der Waals surface area contributed by atoms with Crippen LogP contribution < -0.4 is 0 Å². The van der Waals surface area contributed by atoms with Gasteiger partial charge in [-0.05, 0) is 25.8 Å². The number of aliphatic imine (C=N–C) groups is 1. The first-order valence-corrected chi connectivity index (χ1v) is 7.68. The van der Waals surface area contributed by atoms with Crippen LogP contribution in [0.4, 0.5) is 0 Å². The number of benzene rings is 2. The van der Waals surface area contributed by atoms with E-state index in [1.807, 2.05) is 0 Å². The fraction of sp³-hybridized carbons (Fsp3) is 0.316. The molecule has 0 N–H and O–H groups in total. The van der Waals surface area contributed by atoms with Gasteiger partial charge in [0.2, 0.25) is 0 Å². The highest BCUT2D eigenvalue weighted by molar-refractivity contribution is 6.00. The largest absolute Gasteiger partial charge is 0.352 e. The van der Waals surface area contributed by atoms with E-state index < -0.39 is 0 Å². The van der Waals surface area contributed by atoms with E-state index in [1.54, 1.807) is 0 Å². The molecular formula is C19H22N2. The van der Waals surface area contributed by atoms with Gasteiger partial charge < -0.3 is 4.90 Å². The van der Waals surface area contributed by atoms with Crippen LogP contribution in [0.15, 0.2) is 65.7 Å². The Hall–Kier alpha value is -2.09. The summed E-state index contributed by atoms with van der Waals surface area (Å²) in [6.07, 6.45) is 1.01. The third-order valence-electron chi connectivity index (χ3n) is 3.95. The van der Waals surface area contributed by atoms with Crippen molar-refractivity contribution in [3.8, 4) is 0 Å². The Kier molecular flexibility index (Phi) is 4.05. The van der Waals surface area contributed by atoms with Crippen molar-refractivity contribution < 1.29 is 0 Å². The first-order valence-electron chi connectivity index (χ1n) is 7.68. The lowest BCUT2D eigenvalue weighted by molar-refractivity contribution is 0.357. The molecule has 0 saturated heterocycles. The van der Waals surface area contributed by atoms with Crippen molar-refractivity contribution >= 4 is 5.84 Å². The van der Waals surface area contributed by atoms with Gasteiger partial charge in [0.1, 0.15) is 5.84 Å². The minimum atomic E-state index is 0.352. The summed E-state index contributed by atoms with van der Waals surface area (Å²) in [6.45, 7) is 5.49. The molecule has 0 fully saturated rings. The average Bonchev–Trinajstić information content (AvgIpc) is 2.93. The third kappa shape index (κ3) is 3.15. The van der Waals surface area contributed by atoms with E-state index in [9.17, 15) is 0 Å². The third-order valence-corrected chi connectivity index (χ3v) is 3.95. The Balaban J connectivity index is 1.83. The van der Waals surface area contributed by atoms with Gasteiger partial charge in [-0.3, -0.25) is 4.99 Å². The van der Waals surface area contributed by atoms with Crippen molar-refractivity contribution in [3.63, 3.8) is 0 Å². The lowest BCUT2D eigenvalue weighted by Gasteiger charge is -2.25. The number of amidine groups is 1. The van der Waals surface area contributed by atoms with Gasteiger partial charge in [-0.2, -0.15) is 0 Å². The van der Waals surface area contributed by atoms with E-state index in [1.165, 1.54) is 11.1 Å². The zero-order valence-electron chi connectivity index (χ0n) is 12.7. The summed E-state index contributed by atoms with van der Waals surface area (Å²) < 4.78 is 0. The molecular weight excluding hydrogens is 256 g/mol. The number of hydrogen-bond donors (Lipinski definition) is 0. The summed E-state index contributed by atoms with van der Waals surface area (Å²) in [5, 5.41) is 0. The zero-order chi connectivity index (χ0) is 14.7. The quantitative estimate of drug-likeness (QED) is 0.831. The summed E-state index contributed by atoms with van der Waals surface area (Å²) in [6, 6.07) is 22.0. The van der Waals surface area contributed by atoms with Crippen LogP contribution in [0.5, 0.6) is 0 Å². The Bertz CT molecular complexity index is 602. The molecule has 21 heavy (non-hydrogen) atoms. The molecule has 2 aromatic rings. The van der Waals surface area contributed by atoms with Crippen molar-refractivity contribution in [2.75, 3.05) is 6.54 Å². The van der Waals surface area contributed by atoms with Gasteiger partial charge in [-0.25, -0.2) is 0 Å². The SMILES string of the molecule is CC(C)N1C[C@H](Cc2ccccc2)N=C1c1ccccc1.